The number of rotatable bonds is 5. The van der Waals surface area contributed by atoms with Crippen LogP contribution in [0.5, 0.6) is 0 Å². The molecule has 0 aliphatic carbocycles. The molecule has 24 heavy (non-hydrogen) atoms. The summed E-state index contributed by atoms with van der Waals surface area (Å²) in [6.07, 6.45) is 3.46. The molecule has 5 heteroatoms. The topological polar surface area (TPSA) is 59.2 Å². The fraction of sp³-hybridized carbons (Fsp3) is 0.526. The summed E-state index contributed by atoms with van der Waals surface area (Å²) in [6.45, 7) is 5.86. The molecule has 1 fully saturated rings. The average molecular weight is 327 g/mol. The van der Waals surface area contributed by atoms with Crippen molar-refractivity contribution in [1.82, 2.24) is 15.1 Å². The van der Waals surface area contributed by atoms with Gasteiger partial charge in [0.2, 0.25) is 17.7 Å². The monoisotopic (exact) mass is 327 g/mol. The van der Waals surface area contributed by atoms with Crippen LogP contribution >= 0.6 is 0 Å². The normalized spacial score (nSPS) is 15.9. The molecule has 1 saturated heterocycles. The summed E-state index contributed by atoms with van der Waals surface area (Å²) in [7, 11) is 0. The molecule has 128 valence electrons. The Morgan fingerprint density at radius 2 is 1.92 bits per heavy atom. The number of carbonyl (C=O) groups excluding carboxylic acids is 1. The molecule has 3 rings (SSSR count). The molecule has 0 bridgehead atoms. The first kappa shape index (κ1) is 16.7. The van der Waals surface area contributed by atoms with Gasteiger partial charge < -0.3 is 9.32 Å². The predicted molar refractivity (Wildman–Crippen MR) is 92.2 cm³/mol. The van der Waals surface area contributed by atoms with Crippen LogP contribution in [0.25, 0.3) is 11.5 Å². The molecule has 2 aromatic rings. The Hall–Kier alpha value is -2.17. The van der Waals surface area contributed by atoms with Crippen LogP contribution in [0.4, 0.5) is 0 Å². The van der Waals surface area contributed by atoms with E-state index < -0.39 is 0 Å². The lowest BCUT2D eigenvalue weighted by molar-refractivity contribution is -0.133. The minimum atomic E-state index is 0.285. The molecule has 1 amide bonds. The molecule has 1 aromatic heterocycles. The van der Waals surface area contributed by atoms with Crippen molar-refractivity contribution in [3.8, 4) is 11.5 Å². The minimum absolute atomic E-state index is 0.285. The number of benzene rings is 1. The third kappa shape index (κ3) is 4.22. The number of hydrogen-bond donors (Lipinski definition) is 0. The van der Waals surface area contributed by atoms with Crippen molar-refractivity contribution in [2.45, 2.75) is 39.5 Å². The van der Waals surface area contributed by atoms with Crippen molar-refractivity contribution in [3.05, 3.63) is 36.2 Å². The van der Waals surface area contributed by atoms with Gasteiger partial charge in [0, 0.05) is 31.5 Å². The molecular formula is C19H25N3O2. The Bertz CT molecular complexity index is 658. The van der Waals surface area contributed by atoms with Crippen molar-refractivity contribution < 1.29 is 9.21 Å². The van der Waals surface area contributed by atoms with Gasteiger partial charge in [-0.15, -0.1) is 10.2 Å². The molecular weight excluding hydrogens is 302 g/mol. The number of carbonyl (C=O) groups is 1. The Labute approximate surface area is 143 Å². The van der Waals surface area contributed by atoms with Gasteiger partial charge in [-0.25, -0.2) is 0 Å². The van der Waals surface area contributed by atoms with Crippen LogP contribution in [0, 0.1) is 11.8 Å². The molecule has 0 radical (unpaired) electrons. The maximum Gasteiger partial charge on any atom is 0.247 e. The Morgan fingerprint density at radius 3 is 2.58 bits per heavy atom. The van der Waals surface area contributed by atoms with Crippen LogP contribution < -0.4 is 0 Å². The first-order valence-corrected chi connectivity index (χ1v) is 8.77. The van der Waals surface area contributed by atoms with Gasteiger partial charge in [-0.2, -0.15) is 0 Å². The summed E-state index contributed by atoms with van der Waals surface area (Å²) in [4.78, 5) is 14.1. The Balaban J connectivity index is 1.52. The van der Waals surface area contributed by atoms with Gasteiger partial charge in [-0.05, 0) is 36.8 Å². The zero-order valence-corrected chi connectivity index (χ0v) is 14.4. The molecule has 1 aromatic carbocycles. The van der Waals surface area contributed by atoms with E-state index in [0.717, 1.165) is 37.9 Å². The molecule has 0 N–H and O–H groups in total. The van der Waals surface area contributed by atoms with Crippen LogP contribution in [0.3, 0.4) is 0 Å². The average Bonchev–Trinajstić information content (AvgIpc) is 3.04. The highest BCUT2D eigenvalue weighted by Gasteiger charge is 2.24. The zero-order valence-electron chi connectivity index (χ0n) is 14.4. The third-order valence-electron chi connectivity index (χ3n) is 4.50. The minimum Gasteiger partial charge on any atom is -0.421 e. The van der Waals surface area contributed by atoms with Gasteiger partial charge in [0.25, 0.3) is 0 Å². The van der Waals surface area contributed by atoms with E-state index in [9.17, 15) is 4.79 Å². The molecule has 5 nitrogen and oxygen atoms in total. The van der Waals surface area contributed by atoms with Gasteiger partial charge in [0.1, 0.15) is 0 Å². The lowest BCUT2D eigenvalue weighted by atomic mass is 9.93. The summed E-state index contributed by atoms with van der Waals surface area (Å²) < 4.78 is 5.80. The zero-order chi connectivity index (χ0) is 16.9. The predicted octanol–water partition coefficient (Wildman–Crippen LogP) is 3.56. The lowest BCUT2D eigenvalue weighted by Gasteiger charge is -2.32. The fourth-order valence-electron chi connectivity index (χ4n) is 3.15. The van der Waals surface area contributed by atoms with Crippen LogP contribution in [-0.4, -0.2) is 34.1 Å². The number of hydrogen-bond acceptors (Lipinski definition) is 4. The summed E-state index contributed by atoms with van der Waals surface area (Å²) in [5.74, 6) is 2.49. The highest BCUT2D eigenvalue weighted by Crippen LogP contribution is 2.24. The Kier molecular flexibility index (Phi) is 5.28. The van der Waals surface area contributed by atoms with Gasteiger partial charge in [0.05, 0.1) is 0 Å². The molecule has 1 aliphatic rings. The van der Waals surface area contributed by atoms with Crippen molar-refractivity contribution >= 4 is 5.91 Å². The maximum absolute atomic E-state index is 12.1. The quantitative estimate of drug-likeness (QED) is 0.842. The number of aromatic nitrogens is 2. The first-order valence-electron chi connectivity index (χ1n) is 8.77. The highest BCUT2D eigenvalue weighted by molar-refractivity contribution is 5.76. The van der Waals surface area contributed by atoms with E-state index >= 15 is 0 Å². The standard InChI is InChI=1S/C19H25N3O2/c1-14(2)12-18(23)22-10-8-15(9-11-22)13-17-20-21-19(24-17)16-6-4-3-5-7-16/h3-7,14-15H,8-13H2,1-2H3. The second kappa shape index (κ2) is 7.60. The summed E-state index contributed by atoms with van der Waals surface area (Å²) >= 11 is 0. The summed E-state index contributed by atoms with van der Waals surface area (Å²) in [5.41, 5.74) is 0.949. The lowest BCUT2D eigenvalue weighted by Crippen LogP contribution is -2.39. The largest absolute Gasteiger partial charge is 0.421 e. The number of amides is 1. The van der Waals surface area contributed by atoms with E-state index in [4.69, 9.17) is 4.42 Å². The van der Waals surface area contributed by atoms with E-state index in [1.165, 1.54) is 0 Å². The van der Waals surface area contributed by atoms with Crippen molar-refractivity contribution in [2.24, 2.45) is 11.8 Å². The first-order chi connectivity index (χ1) is 11.6. The SMILES string of the molecule is CC(C)CC(=O)N1CCC(Cc2nnc(-c3ccccc3)o2)CC1. The third-order valence-corrected chi connectivity index (χ3v) is 4.50. The second-order valence-corrected chi connectivity index (χ2v) is 6.99. The van der Waals surface area contributed by atoms with E-state index in [1.54, 1.807) is 0 Å². The van der Waals surface area contributed by atoms with Gasteiger partial charge >= 0.3 is 0 Å². The van der Waals surface area contributed by atoms with Crippen molar-refractivity contribution in [3.63, 3.8) is 0 Å². The second-order valence-electron chi connectivity index (χ2n) is 6.99. The fourth-order valence-corrected chi connectivity index (χ4v) is 3.15. The van der Waals surface area contributed by atoms with E-state index in [0.29, 0.717) is 30.0 Å². The highest BCUT2D eigenvalue weighted by atomic mass is 16.4. The number of nitrogens with zero attached hydrogens (tertiary/aromatic N) is 3. The Morgan fingerprint density at radius 1 is 1.21 bits per heavy atom. The van der Waals surface area contributed by atoms with Crippen molar-refractivity contribution in [2.75, 3.05) is 13.1 Å². The number of piperidine rings is 1. The van der Waals surface area contributed by atoms with Crippen LogP contribution in [-0.2, 0) is 11.2 Å². The molecule has 1 aliphatic heterocycles. The van der Waals surface area contributed by atoms with Gasteiger partial charge in [-0.3, -0.25) is 4.79 Å². The van der Waals surface area contributed by atoms with Gasteiger partial charge in [0.15, 0.2) is 0 Å². The molecule has 2 heterocycles. The van der Waals surface area contributed by atoms with E-state index in [2.05, 4.69) is 24.0 Å². The van der Waals surface area contributed by atoms with Gasteiger partial charge in [-0.1, -0.05) is 32.0 Å². The van der Waals surface area contributed by atoms with E-state index in [1.807, 2.05) is 35.2 Å². The summed E-state index contributed by atoms with van der Waals surface area (Å²) in [5, 5.41) is 8.33. The maximum atomic E-state index is 12.1. The molecule has 0 atom stereocenters. The van der Waals surface area contributed by atoms with E-state index in [-0.39, 0.29) is 5.91 Å². The van der Waals surface area contributed by atoms with Crippen molar-refractivity contribution in [1.29, 1.82) is 0 Å². The van der Waals surface area contributed by atoms with Crippen LogP contribution in [0.2, 0.25) is 0 Å². The molecule has 0 saturated carbocycles. The van der Waals surface area contributed by atoms with Crippen LogP contribution in [0.15, 0.2) is 34.7 Å². The molecule has 0 spiro atoms. The number of likely N-dealkylation sites (tertiary alicyclic amines) is 1. The summed E-state index contributed by atoms with van der Waals surface area (Å²) in [6, 6.07) is 9.83. The van der Waals surface area contributed by atoms with Crippen LogP contribution in [0.1, 0.15) is 39.0 Å². The molecule has 0 unspecified atom stereocenters. The smallest absolute Gasteiger partial charge is 0.247 e.